The van der Waals surface area contributed by atoms with Crippen molar-refractivity contribution >= 4 is 20.2 Å². The maximum absolute atomic E-state index is 14.9. The third-order valence-corrected chi connectivity index (χ3v) is 9.74. The summed E-state index contributed by atoms with van der Waals surface area (Å²) >= 11 is 0. The Kier molecular flexibility index (Phi) is 13.1. The minimum absolute atomic E-state index is 0.160. The van der Waals surface area contributed by atoms with Crippen LogP contribution in [0.4, 0.5) is 87.8 Å². The third kappa shape index (κ3) is 9.04. The van der Waals surface area contributed by atoms with Crippen molar-refractivity contribution < 1.29 is 118 Å². The molecule has 0 heterocycles. The molecular weight excluding hydrogens is 988 g/mol. The van der Waals surface area contributed by atoms with Gasteiger partial charge in [0, 0.05) is 22.3 Å². The van der Waals surface area contributed by atoms with Gasteiger partial charge in [-0.15, -0.1) is 0 Å². The minimum Gasteiger partial charge on any atom is -0.457 e. The SMILES string of the molecule is CS(=O)(=O)Oc1ccc(C(F)(F)C(F)(F)C(F)(F)C(F)(F)C(F)(F)c2ccc(Oc3ccc(C(F)(F)C(F)(F)C(F)(F)C(F)(F)C(F)(F)c4ccc(OS(C)(=O)=O)cc4)cc3)cc2)cc1. The number of halogens is 20. The highest BCUT2D eigenvalue weighted by molar-refractivity contribution is 7.86. The zero-order valence-electron chi connectivity index (χ0n) is 31.5. The van der Waals surface area contributed by atoms with Crippen molar-refractivity contribution in [2.24, 2.45) is 0 Å². The first-order valence-electron chi connectivity index (χ1n) is 16.7. The smallest absolute Gasteiger partial charge is 0.385 e. The first-order chi connectivity index (χ1) is 29.0. The van der Waals surface area contributed by atoms with Gasteiger partial charge in [0.2, 0.25) is 0 Å². The lowest BCUT2D eigenvalue weighted by Gasteiger charge is -2.39. The van der Waals surface area contributed by atoms with Crippen LogP contribution in [0.1, 0.15) is 22.3 Å². The van der Waals surface area contributed by atoms with E-state index < -0.39 is 125 Å². The predicted molar refractivity (Wildman–Crippen MR) is 182 cm³/mol. The van der Waals surface area contributed by atoms with Crippen LogP contribution in [0.25, 0.3) is 0 Å². The maximum atomic E-state index is 14.9. The van der Waals surface area contributed by atoms with Crippen LogP contribution in [0.3, 0.4) is 0 Å². The van der Waals surface area contributed by atoms with Gasteiger partial charge in [-0.05, 0) is 97.1 Å². The lowest BCUT2D eigenvalue weighted by Crippen LogP contribution is -2.65. The molecule has 4 rings (SSSR count). The van der Waals surface area contributed by atoms with Gasteiger partial charge in [-0.25, -0.2) is 0 Å². The van der Waals surface area contributed by atoms with Crippen LogP contribution < -0.4 is 13.1 Å². The summed E-state index contributed by atoms with van der Waals surface area (Å²) in [6.07, 6.45) is 0.879. The van der Waals surface area contributed by atoms with Crippen LogP contribution in [0, 0.1) is 0 Å². The van der Waals surface area contributed by atoms with Gasteiger partial charge in [0.15, 0.2) is 0 Å². The van der Waals surface area contributed by atoms with Gasteiger partial charge < -0.3 is 13.1 Å². The van der Waals surface area contributed by atoms with E-state index in [1.54, 1.807) is 0 Å². The standard InChI is InChI=1S/C36H22F20O7S2/c1-64(57,58)62-25-15-7-21(8-16-25)29(41,42)33(49,50)35(53,54)31(45,46)27(37,38)19-3-11-23(12-4-19)61-24-13-5-20(6-14-24)28(39,40)32(47,48)36(55,56)34(51,52)30(43,44)22-9-17-26(18-10-22)63-65(2,59)60/h3-18H,1-2H3. The van der Waals surface area contributed by atoms with E-state index in [1.807, 2.05) is 0 Å². The molecule has 0 radical (unpaired) electrons. The number of hydrogen-bond acceptors (Lipinski definition) is 7. The number of hydrogen-bond donors (Lipinski definition) is 0. The quantitative estimate of drug-likeness (QED) is 0.0723. The summed E-state index contributed by atoms with van der Waals surface area (Å²) in [7, 11) is -8.71. The molecule has 0 amide bonds. The molecule has 0 aliphatic carbocycles. The number of ether oxygens (including phenoxy) is 1. The van der Waals surface area contributed by atoms with Crippen molar-refractivity contribution in [3.63, 3.8) is 0 Å². The van der Waals surface area contributed by atoms with Gasteiger partial charge in [0.25, 0.3) is 0 Å². The average Bonchev–Trinajstić information content (AvgIpc) is 3.17. The van der Waals surface area contributed by atoms with E-state index in [0.29, 0.717) is 12.5 Å². The van der Waals surface area contributed by atoms with E-state index in [0.717, 1.165) is 0 Å². The molecule has 0 spiro atoms. The molecule has 0 saturated heterocycles. The van der Waals surface area contributed by atoms with Gasteiger partial charge in [-0.1, -0.05) is 0 Å². The Hall–Kier alpha value is -5.22. The van der Waals surface area contributed by atoms with Gasteiger partial charge in [0.1, 0.15) is 23.0 Å². The number of rotatable bonds is 18. The average molecular weight is 1010 g/mol. The van der Waals surface area contributed by atoms with Crippen LogP contribution in [-0.2, 0) is 43.9 Å². The summed E-state index contributed by atoms with van der Waals surface area (Å²) in [5.74, 6) is -73.8. The van der Waals surface area contributed by atoms with E-state index in [-0.39, 0.29) is 97.1 Å². The highest BCUT2D eigenvalue weighted by Crippen LogP contribution is 2.63. The van der Waals surface area contributed by atoms with Crippen molar-refractivity contribution in [3.05, 3.63) is 119 Å². The molecule has 0 atom stereocenters. The van der Waals surface area contributed by atoms with E-state index in [2.05, 4.69) is 8.37 Å². The molecule has 0 aliphatic heterocycles. The van der Waals surface area contributed by atoms with Gasteiger partial charge >= 0.3 is 79.5 Å². The second-order valence-corrected chi connectivity index (χ2v) is 16.7. The zero-order valence-corrected chi connectivity index (χ0v) is 33.1. The van der Waals surface area contributed by atoms with Crippen LogP contribution in [0.15, 0.2) is 97.1 Å². The Labute approximate surface area is 351 Å². The second-order valence-electron chi connectivity index (χ2n) is 13.5. The van der Waals surface area contributed by atoms with E-state index in [9.17, 15) is 105 Å². The number of alkyl halides is 20. The van der Waals surface area contributed by atoms with Gasteiger partial charge in [-0.2, -0.15) is 105 Å². The molecule has 0 unspecified atom stereocenters. The zero-order chi connectivity index (χ0) is 50.1. The largest absolute Gasteiger partial charge is 0.457 e. The van der Waals surface area contributed by atoms with Crippen molar-refractivity contribution in [1.29, 1.82) is 0 Å². The summed E-state index contributed by atoms with van der Waals surface area (Å²) < 4.78 is 353. The highest BCUT2D eigenvalue weighted by Gasteiger charge is 2.88. The first kappa shape index (κ1) is 52.4. The molecule has 0 aromatic heterocycles. The first-order valence-corrected chi connectivity index (χ1v) is 20.3. The molecular formula is C36H22F20O7S2. The van der Waals surface area contributed by atoms with E-state index >= 15 is 0 Å². The predicted octanol–water partition coefficient (Wildman–Crippen LogP) is 11.7. The number of benzene rings is 4. The van der Waals surface area contributed by atoms with Crippen molar-refractivity contribution in [3.8, 4) is 23.0 Å². The van der Waals surface area contributed by atoms with E-state index in [4.69, 9.17) is 4.74 Å². The Morgan fingerprint density at radius 3 is 0.631 bits per heavy atom. The topological polar surface area (TPSA) is 96.0 Å². The molecule has 0 N–H and O–H groups in total. The summed E-state index contributed by atoms with van der Waals surface area (Å²) in [5, 5.41) is 0. The minimum atomic E-state index is -7.61. The fourth-order valence-corrected chi connectivity index (χ4v) is 6.22. The van der Waals surface area contributed by atoms with Crippen LogP contribution in [0.5, 0.6) is 23.0 Å². The maximum Gasteiger partial charge on any atom is 0.385 e. The fraction of sp³-hybridized carbons (Fsp3) is 0.333. The van der Waals surface area contributed by atoms with Crippen molar-refractivity contribution in [2.75, 3.05) is 12.5 Å². The Morgan fingerprint density at radius 2 is 0.462 bits per heavy atom. The molecule has 0 saturated carbocycles. The summed E-state index contributed by atoms with van der Waals surface area (Å²) in [6.45, 7) is 0. The van der Waals surface area contributed by atoms with Crippen LogP contribution >= 0.6 is 0 Å². The summed E-state index contributed by atoms with van der Waals surface area (Å²) in [4.78, 5) is 0. The third-order valence-electron chi connectivity index (χ3n) is 8.75. The van der Waals surface area contributed by atoms with Crippen LogP contribution in [0.2, 0.25) is 0 Å². The summed E-state index contributed by atoms with van der Waals surface area (Å²) in [6, 6.07) is -0.0479. The molecule has 65 heavy (non-hydrogen) atoms. The Morgan fingerprint density at radius 1 is 0.292 bits per heavy atom. The molecule has 0 bridgehead atoms. The Bertz CT molecular complexity index is 2390. The fourth-order valence-electron chi connectivity index (χ4n) is 5.30. The Balaban J connectivity index is 1.55. The van der Waals surface area contributed by atoms with Crippen molar-refractivity contribution in [2.45, 2.75) is 59.2 Å². The van der Waals surface area contributed by atoms with Crippen molar-refractivity contribution in [1.82, 2.24) is 0 Å². The molecule has 0 fully saturated rings. The van der Waals surface area contributed by atoms with Gasteiger partial charge in [0.05, 0.1) is 12.5 Å². The molecule has 4 aromatic carbocycles. The van der Waals surface area contributed by atoms with Gasteiger partial charge in [-0.3, -0.25) is 0 Å². The monoisotopic (exact) mass is 1010 g/mol. The molecule has 0 aliphatic rings. The molecule has 4 aromatic rings. The lowest BCUT2D eigenvalue weighted by molar-refractivity contribution is -0.407. The molecule has 7 nitrogen and oxygen atoms in total. The van der Waals surface area contributed by atoms with Crippen LogP contribution in [-0.4, -0.2) is 64.9 Å². The lowest BCUT2D eigenvalue weighted by atomic mass is 9.88. The van der Waals surface area contributed by atoms with E-state index in [1.165, 1.54) is 0 Å². The highest BCUT2D eigenvalue weighted by atomic mass is 32.2. The molecule has 29 heteroatoms. The second kappa shape index (κ2) is 16.3. The normalized spacial score (nSPS) is 14.6. The summed E-state index contributed by atoms with van der Waals surface area (Å²) in [5.41, 5.74) is -8.96. The molecule has 360 valence electrons.